The van der Waals surface area contributed by atoms with Crippen LogP contribution < -0.4 is 0 Å². The Morgan fingerprint density at radius 3 is 0.791 bits per heavy atom. The number of hydrogen-bond acceptors (Lipinski definition) is 10. The van der Waals surface area contributed by atoms with Gasteiger partial charge in [-0.25, -0.2) is 0 Å². The van der Waals surface area contributed by atoms with E-state index in [2.05, 4.69) is 93.7 Å². The van der Waals surface area contributed by atoms with Crippen LogP contribution in [-0.4, -0.2) is 162 Å². The van der Waals surface area contributed by atoms with Crippen molar-refractivity contribution in [2.75, 3.05) is 106 Å². The summed E-state index contributed by atoms with van der Waals surface area (Å²) in [7, 11) is 10.1. The van der Waals surface area contributed by atoms with Gasteiger partial charge in [0.2, 0.25) is 0 Å². The van der Waals surface area contributed by atoms with Crippen molar-refractivity contribution in [1.82, 2.24) is 0 Å². The van der Waals surface area contributed by atoms with Crippen molar-refractivity contribution in [1.29, 1.82) is 0 Å². The maximum absolute atomic E-state index is 11.9. The molecule has 2 saturated heterocycles. The minimum atomic E-state index is -0.744. The number of hydrogen-bond donors (Lipinski definition) is 0. The second kappa shape index (κ2) is 31.3. The van der Waals surface area contributed by atoms with Gasteiger partial charge in [0, 0.05) is 128 Å². The largest absolute Gasteiger partial charge is 0.691 e. The molecule has 2 aliphatic rings. The van der Waals surface area contributed by atoms with E-state index in [0.29, 0.717) is 37.4 Å². The van der Waals surface area contributed by atoms with Gasteiger partial charge in [-0.2, -0.15) is 12.4 Å². The fourth-order valence-corrected chi connectivity index (χ4v) is 13.7. The molecule has 0 aliphatic carbocycles. The van der Waals surface area contributed by atoms with Gasteiger partial charge >= 0.3 is 0 Å². The summed E-state index contributed by atoms with van der Waals surface area (Å²) in [6, 6.07) is 0. The monoisotopic (exact) mass is 1080 g/mol. The van der Waals surface area contributed by atoms with Crippen LogP contribution in [0.25, 0.3) is 10.6 Å². The summed E-state index contributed by atoms with van der Waals surface area (Å²) < 4.78 is 44.3. The van der Waals surface area contributed by atoms with E-state index in [1.807, 2.05) is 42.7 Å². The van der Waals surface area contributed by atoms with Crippen molar-refractivity contribution in [2.45, 2.75) is 194 Å². The van der Waals surface area contributed by atoms with Crippen LogP contribution >= 0.6 is 15.8 Å². The minimum Gasteiger partial charge on any atom is -0.691 e. The van der Waals surface area contributed by atoms with E-state index >= 15 is 0 Å². The third-order valence-corrected chi connectivity index (χ3v) is 19.2. The van der Waals surface area contributed by atoms with Gasteiger partial charge in [-0.3, -0.25) is 9.59 Å². The molecule has 0 amide bonds. The Morgan fingerprint density at radius 2 is 0.642 bits per heavy atom. The van der Waals surface area contributed by atoms with E-state index in [-0.39, 0.29) is 65.3 Å². The second-order valence-electron chi connectivity index (χ2n) is 22.7. The summed E-state index contributed by atoms with van der Waals surface area (Å²) in [6.45, 7) is 34.7. The molecule has 12 nitrogen and oxygen atoms in total. The topological polar surface area (TPSA) is 136 Å². The molecule has 0 N–H and O–H groups in total. The standard InChI is InChI=1S/2C18H39O3P.C16H24N2O4.Tc/c2*1-16(2,19-7)10-13-22(14-11-17(3,4)20-8)15-12-18(5,6)21-9;1-15(2)13(19)11(9-21-15)7-17-5-6-18-8-12-10-22-16(3,4)14(12)20;/h2*10-15H2,1-9H3;7-8H,5-6,9-10H2,1-4H3,(H2,17,18,19,20);/i;;;1+1. The van der Waals surface area contributed by atoms with Crippen molar-refractivity contribution in [3.05, 3.63) is 34.2 Å². The second-order valence-corrected chi connectivity index (χ2v) is 28.7. The van der Waals surface area contributed by atoms with Gasteiger partial charge < -0.3 is 48.5 Å². The summed E-state index contributed by atoms with van der Waals surface area (Å²) >= 11 is 0. The quantitative estimate of drug-likeness (QED) is 0.0404. The number of carbonyl (C=O) groups excluding carboxylic acids is 2. The van der Waals surface area contributed by atoms with E-state index in [1.165, 1.54) is 37.0 Å². The van der Waals surface area contributed by atoms with Crippen LogP contribution in [0.1, 0.15) is 149 Å². The molecule has 0 bridgehead atoms. The molecule has 0 aromatic carbocycles. The van der Waals surface area contributed by atoms with Crippen LogP contribution in [0.5, 0.6) is 0 Å². The smallest absolute Gasteiger partial charge is 0.190 e. The zero-order valence-electron chi connectivity index (χ0n) is 46.8. The normalized spacial score (nSPS) is 18.0. The summed E-state index contributed by atoms with van der Waals surface area (Å²) in [5.41, 5.74) is -0.376. The van der Waals surface area contributed by atoms with Gasteiger partial charge in [-0.15, -0.1) is 13.1 Å². The predicted molar refractivity (Wildman–Crippen MR) is 283 cm³/mol. The van der Waals surface area contributed by atoms with Gasteiger partial charge in [-0.1, -0.05) is 0 Å². The molecule has 0 aromatic rings. The number of nitrogens with zero attached hydrogens (tertiary/aromatic N) is 2. The molecule has 2 heterocycles. The van der Waals surface area contributed by atoms with Crippen LogP contribution in [0.3, 0.4) is 0 Å². The van der Waals surface area contributed by atoms with E-state index in [4.69, 9.17) is 37.9 Å². The maximum atomic E-state index is 11.9. The molecule has 1 radical (unpaired) electrons. The number of ether oxygens (including phenoxy) is 8. The van der Waals surface area contributed by atoms with Gasteiger partial charge in [0.05, 0.1) is 83.8 Å². The first-order valence-electron chi connectivity index (χ1n) is 24.2. The van der Waals surface area contributed by atoms with Crippen molar-refractivity contribution >= 4 is 27.4 Å². The first-order chi connectivity index (χ1) is 30.2. The number of carbonyl (C=O) groups is 2. The van der Waals surface area contributed by atoms with Gasteiger partial charge in [-0.05, 0) is 111 Å². The molecule has 0 unspecified atom stereocenters. The molecular formula is C52H102N2O10P2Tc. The number of ketones is 2. The van der Waals surface area contributed by atoms with Crippen molar-refractivity contribution in [3.8, 4) is 0 Å². The summed E-state index contributed by atoms with van der Waals surface area (Å²) in [5.74, 6) is -0.0440. The summed E-state index contributed by atoms with van der Waals surface area (Å²) in [4.78, 5) is 23.8. The minimum absolute atomic E-state index is 0. The fourth-order valence-electron chi connectivity index (χ4n) is 6.44. The third-order valence-electron chi connectivity index (χ3n) is 13.5. The molecule has 2 aliphatic heterocycles. The molecular weight excluding hydrogens is 973 g/mol. The van der Waals surface area contributed by atoms with E-state index in [0.717, 1.165) is 38.5 Å². The average Bonchev–Trinajstić information content (AvgIpc) is 3.67. The molecule has 2 rings (SSSR count). The Hall–Kier alpha value is -0.391. The Kier molecular flexibility index (Phi) is 32.0. The molecule has 0 aromatic heterocycles. The Bertz CT molecular complexity index is 1280. The summed E-state index contributed by atoms with van der Waals surface area (Å²) in [5, 5.41) is 8.36. The van der Waals surface area contributed by atoms with Crippen LogP contribution in [0.15, 0.2) is 23.5 Å². The molecule has 0 atom stereocenters. The molecule has 67 heavy (non-hydrogen) atoms. The Morgan fingerprint density at radius 1 is 0.448 bits per heavy atom. The number of methoxy groups -OCH3 is 6. The Labute approximate surface area is 427 Å². The molecule has 2 fully saturated rings. The first-order valence-corrected chi connectivity index (χ1v) is 28.5. The molecule has 15 heteroatoms. The molecule has 397 valence electrons. The summed E-state index contributed by atoms with van der Waals surface area (Å²) in [6.07, 6.45) is 17.7. The third kappa shape index (κ3) is 29.7. The Balaban J connectivity index is 0. The SMILES string of the molecule is CC1(C)OC/C(=C/[N-]CC[N-]/C=C2/COC(C)(C)C2=O)C1=O.COC(C)(C)CC[PH+](CCC(C)(C)OC)CCC(C)(C)OC.COC(C)(C)CC[PH+](CCC(C)(C)OC)CCC(C)(C)OC.[99Tc]. The zero-order valence-corrected chi connectivity index (χ0v) is 50.7. The van der Waals surface area contributed by atoms with Crippen LogP contribution in [0, 0.1) is 0 Å². The van der Waals surface area contributed by atoms with Crippen LogP contribution in [0.4, 0.5) is 0 Å². The van der Waals surface area contributed by atoms with E-state index < -0.39 is 27.0 Å². The maximum Gasteiger partial charge on any atom is 0.190 e. The van der Waals surface area contributed by atoms with Crippen molar-refractivity contribution in [3.63, 3.8) is 0 Å². The van der Waals surface area contributed by atoms with Crippen molar-refractivity contribution in [2.24, 2.45) is 0 Å². The first kappa shape index (κ1) is 68.7. The molecule has 0 spiro atoms. The van der Waals surface area contributed by atoms with E-state index in [9.17, 15) is 9.59 Å². The van der Waals surface area contributed by atoms with Crippen LogP contribution in [-0.2, 0) is 67.6 Å². The fraction of sp³-hybridized carbons (Fsp3) is 0.885. The van der Waals surface area contributed by atoms with Gasteiger partial charge in [0.15, 0.2) is 11.6 Å². The average molecular weight is 1080 g/mol. The number of Topliss-reactive ketones (excluding diaryl/α,β-unsaturated/α-hetero) is 2. The van der Waals surface area contributed by atoms with Gasteiger partial charge in [0.1, 0.15) is 11.2 Å². The van der Waals surface area contributed by atoms with Gasteiger partial charge in [0.25, 0.3) is 0 Å². The predicted octanol–water partition coefficient (Wildman–Crippen LogP) is 11.5. The van der Waals surface area contributed by atoms with Crippen LogP contribution in [0.2, 0.25) is 0 Å². The van der Waals surface area contributed by atoms with Crippen molar-refractivity contribution < 1.29 is 67.6 Å². The molecule has 0 saturated carbocycles. The zero-order chi connectivity index (χ0) is 51.3. The van der Waals surface area contributed by atoms with E-state index in [1.54, 1.807) is 40.1 Å². The number of rotatable bonds is 29.